The molecule has 108 valence electrons. The van der Waals surface area contributed by atoms with Crippen LogP contribution in [0.2, 0.25) is 0 Å². The molecule has 7 heteroatoms. The maximum atomic E-state index is 12.5. The average Bonchev–Trinajstić information content (AvgIpc) is 2.96. The van der Waals surface area contributed by atoms with Crippen molar-refractivity contribution in [3.8, 4) is 0 Å². The van der Waals surface area contributed by atoms with Crippen LogP contribution >= 0.6 is 0 Å². The van der Waals surface area contributed by atoms with E-state index in [0.717, 1.165) is 11.0 Å². The molecule has 0 spiro atoms. The van der Waals surface area contributed by atoms with E-state index in [9.17, 15) is 9.59 Å². The van der Waals surface area contributed by atoms with Gasteiger partial charge in [-0.2, -0.15) is 0 Å². The van der Waals surface area contributed by atoms with Crippen molar-refractivity contribution in [2.75, 3.05) is 0 Å². The molecule has 22 heavy (non-hydrogen) atoms. The molecule has 0 aliphatic rings. The van der Waals surface area contributed by atoms with Crippen LogP contribution in [0.5, 0.6) is 0 Å². The molecule has 0 unspecified atom stereocenters. The van der Waals surface area contributed by atoms with E-state index in [0.29, 0.717) is 10.8 Å². The van der Waals surface area contributed by atoms with Crippen molar-refractivity contribution >= 4 is 21.8 Å². The zero-order valence-corrected chi connectivity index (χ0v) is 11.4. The van der Waals surface area contributed by atoms with E-state index in [-0.39, 0.29) is 17.8 Å². The zero-order chi connectivity index (χ0) is 15.1. The van der Waals surface area contributed by atoms with Crippen LogP contribution in [0.3, 0.4) is 0 Å². The summed E-state index contributed by atoms with van der Waals surface area (Å²) < 4.78 is 2.81. The van der Waals surface area contributed by atoms with Crippen LogP contribution < -0.4 is 11.1 Å². The van der Waals surface area contributed by atoms with Crippen molar-refractivity contribution in [2.45, 2.75) is 6.67 Å². The summed E-state index contributed by atoms with van der Waals surface area (Å²) in [4.78, 5) is 24.6. The van der Waals surface area contributed by atoms with Crippen molar-refractivity contribution in [2.24, 2.45) is 0 Å². The minimum Gasteiger partial charge on any atom is -0.267 e. The second kappa shape index (κ2) is 4.66. The Bertz CT molecular complexity index is 1110. The average molecular weight is 293 g/mol. The predicted octanol–water partition coefficient (Wildman–Crippen LogP) is 0.940. The Morgan fingerprint density at radius 1 is 0.955 bits per heavy atom. The summed E-state index contributed by atoms with van der Waals surface area (Å²) in [5, 5.41) is 11.4. The van der Waals surface area contributed by atoms with Gasteiger partial charge in [0.05, 0.1) is 16.3 Å². The van der Waals surface area contributed by atoms with Gasteiger partial charge in [0.15, 0.2) is 0 Å². The molecule has 2 aromatic heterocycles. The lowest BCUT2D eigenvalue weighted by Gasteiger charge is -2.07. The Balaban J connectivity index is 1.90. The van der Waals surface area contributed by atoms with E-state index < -0.39 is 0 Å². The Hall–Kier alpha value is -3.22. The third-order valence-electron chi connectivity index (χ3n) is 3.58. The fraction of sp³-hybridized carbons (Fsp3) is 0.0667. The number of nitrogens with zero attached hydrogens (tertiary/aromatic N) is 4. The lowest BCUT2D eigenvalue weighted by molar-refractivity contribution is 0.480. The minimum atomic E-state index is -0.306. The summed E-state index contributed by atoms with van der Waals surface area (Å²) in [7, 11) is 0. The van der Waals surface area contributed by atoms with Gasteiger partial charge in [-0.3, -0.25) is 14.7 Å². The van der Waals surface area contributed by atoms with Gasteiger partial charge in [-0.15, -0.1) is 5.10 Å². The molecule has 0 radical (unpaired) electrons. The van der Waals surface area contributed by atoms with E-state index in [1.807, 2.05) is 24.3 Å². The molecule has 0 fully saturated rings. The Morgan fingerprint density at radius 3 is 2.55 bits per heavy atom. The van der Waals surface area contributed by atoms with Crippen LogP contribution in [0.25, 0.3) is 21.8 Å². The highest BCUT2D eigenvalue weighted by atomic mass is 16.2. The molecule has 7 nitrogen and oxygen atoms in total. The molecule has 0 aliphatic carbocycles. The van der Waals surface area contributed by atoms with E-state index in [4.69, 9.17) is 0 Å². The highest BCUT2D eigenvalue weighted by Gasteiger charge is 2.09. The molecule has 0 atom stereocenters. The normalized spacial score (nSPS) is 11.3. The number of nitrogens with one attached hydrogen (secondary N) is 1. The fourth-order valence-corrected chi connectivity index (χ4v) is 2.50. The first-order chi connectivity index (χ1) is 10.7. The number of rotatable bonds is 2. The quantitative estimate of drug-likeness (QED) is 0.596. The second-order valence-corrected chi connectivity index (χ2v) is 4.94. The maximum absolute atomic E-state index is 12.5. The lowest BCUT2D eigenvalue weighted by Crippen LogP contribution is -2.32. The lowest BCUT2D eigenvalue weighted by atomic mass is 10.2. The van der Waals surface area contributed by atoms with Crippen molar-refractivity contribution in [1.82, 2.24) is 24.8 Å². The highest BCUT2D eigenvalue weighted by Crippen LogP contribution is 2.09. The van der Waals surface area contributed by atoms with Gasteiger partial charge in [-0.1, -0.05) is 29.5 Å². The molecule has 2 aromatic carbocycles. The maximum Gasteiger partial charge on any atom is 0.274 e. The van der Waals surface area contributed by atoms with Crippen molar-refractivity contribution in [3.63, 3.8) is 0 Å². The number of aromatic amines is 1. The SMILES string of the molecule is O=c1[nH]n(Cn2nnc3ccccc32)c(=O)c2ccccc12. The molecule has 2 heterocycles. The molecule has 0 aliphatic heterocycles. The number of benzene rings is 2. The predicted molar refractivity (Wildman–Crippen MR) is 81.8 cm³/mol. The van der Waals surface area contributed by atoms with Crippen LogP contribution in [-0.4, -0.2) is 24.8 Å². The summed E-state index contributed by atoms with van der Waals surface area (Å²) in [5.74, 6) is 0. The first kappa shape index (κ1) is 12.5. The van der Waals surface area contributed by atoms with Gasteiger partial charge in [0.25, 0.3) is 11.1 Å². The largest absolute Gasteiger partial charge is 0.274 e. The van der Waals surface area contributed by atoms with Crippen LogP contribution in [-0.2, 0) is 6.67 Å². The Morgan fingerprint density at radius 2 is 1.68 bits per heavy atom. The number of fused-ring (bicyclic) bond motifs is 2. The summed E-state index contributed by atoms with van der Waals surface area (Å²) in [5.41, 5.74) is 0.955. The summed E-state index contributed by atoms with van der Waals surface area (Å²) in [6.45, 7) is 0.0966. The Labute approximate surface area is 123 Å². The van der Waals surface area contributed by atoms with E-state index in [1.165, 1.54) is 4.68 Å². The molecule has 0 saturated heterocycles. The van der Waals surface area contributed by atoms with Gasteiger partial charge in [0, 0.05) is 0 Å². The highest BCUT2D eigenvalue weighted by molar-refractivity contribution is 5.80. The fourth-order valence-electron chi connectivity index (χ4n) is 2.50. The smallest absolute Gasteiger partial charge is 0.267 e. The van der Waals surface area contributed by atoms with Gasteiger partial charge >= 0.3 is 0 Å². The van der Waals surface area contributed by atoms with Crippen molar-refractivity contribution < 1.29 is 0 Å². The number of aromatic nitrogens is 5. The monoisotopic (exact) mass is 293 g/mol. The van der Waals surface area contributed by atoms with Gasteiger partial charge in [-0.25, -0.2) is 9.36 Å². The zero-order valence-electron chi connectivity index (χ0n) is 11.4. The molecule has 0 saturated carbocycles. The van der Waals surface area contributed by atoms with Gasteiger partial charge in [0.2, 0.25) is 0 Å². The molecular formula is C15H11N5O2. The minimum absolute atomic E-state index is 0.0966. The molecule has 0 bridgehead atoms. The van der Waals surface area contributed by atoms with Gasteiger partial charge < -0.3 is 0 Å². The van der Waals surface area contributed by atoms with E-state index in [1.54, 1.807) is 28.9 Å². The first-order valence-electron chi connectivity index (χ1n) is 6.74. The van der Waals surface area contributed by atoms with E-state index in [2.05, 4.69) is 15.4 Å². The molecule has 0 amide bonds. The van der Waals surface area contributed by atoms with Crippen molar-refractivity contribution in [3.05, 3.63) is 69.2 Å². The molecule has 1 N–H and O–H groups in total. The van der Waals surface area contributed by atoms with Gasteiger partial charge in [-0.05, 0) is 24.3 Å². The van der Waals surface area contributed by atoms with Crippen LogP contribution in [0.1, 0.15) is 0 Å². The first-order valence-corrected chi connectivity index (χ1v) is 6.74. The number of para-hydroxylation sites is 1. The summed E-state index contributed by atoms with van der Waals surface area (Å²) in [6.07, 6.45) is 0. The summed E-state index contributed by atoms with van der Waals surface area (Å²) >= 11 is 0. The van der Waals surface area contributed by atoms with Crippen molar-refractivity contribution in [1.29, 1.82) is 0 Å². The van der Waals surface area contributed by atoms with Gasteiger partial charge in [0.1, 0.15) is 12.2 Å². The second-order valence-electron chi connectivity index (χ2n) is 4.94. The topological polar surface area (TPSA) is 85.6 Å². The molecule has 4 aromatic rings. The number of hydrogen-bond donors (Lipinski definition) is 1. The van der Waals surface area contributed by atoms with Crippen LogP contribution in [0, 0.1) is 0 Å². The third kappa shape index (κ3) is 1.83. The van der Waals surface area contributed by atoms with Crippen LogP contribution in [0.4, 0.5) is 0 Å². The summed E-state index contributed by atoms with van der Waals surface area (Å²) in [6, 6.07) is 14.2. The standard InChI is InChI=1S/C15H11N5O2/c21-14-10-5-1-2-6-11(10)15(22)20(17-14)9-19-13-8-4-3-7-12(13)16-18-19/h1-8H,9H2,(H,17,21). The third-order valence-corrected chi connectivity index (χ3v) is 3.58. The van der Waals surface area contributed by atoms with E-state index >= 15 is 0 Å². The number of H-pyrrole nitrogens is 1. The van der Waals surface area contributed by atoms with Crippen LogP contribution in [0.15, 0.2) is 58.1 Å². The Kier molecular flexibility index (Phi) is 2.65. The number of hydrogen-bond acceptors (Lipinski definition) is 4. The molecule has 4 rings (SSSR count). The molecular weight excluding hydrogens is 282 g/mol.